The van der Waals surface area contributed by atoms with Crippen LogP contribution < -0.4 is 5.32 Å². The smallest absolute Gasteiger partial charge is 0.255 e. The second kappa shape index (κ2) is 14.0. The van der Waals surface area contributed by atoms with E-state index in [1.165, 1.54) is 11.1 Å². The highest BCUT2D eigenvalue weighted by Crippen LogP contribution is 2.39. The van der Waals surface area contributed by atoms with Gasteiger partial charge in [0.25, 0.3) is 5.91 Å². The number of aryl methyl sites for hydroxylation is 4. The summed E-state index contributed by atoms with van der Waals surface area (Å²) >= 11 is 1.63. The normalized spacial score (nSPS) is 17.8. The van der Waals surface area contributed by atoms with Gasteiger partial charge in [-0.3, -0.25) is 23.8 Å². The molecule has 8 rings (SSSR count). The molecule has 53 heavy (non-hydrogen) atoms. The average Bonchev–Trinajstić information content (AvgIpc) is 3.90. The van der Waals surface area contributed by atoms with E-state index in [1.807, 2.05) is 29.9 Å². The van der Waals surface area contributed by atoms with Crippen LogP contribution in [0.2, 0.25) is 0 Å². The van der Waals surface area contributed by atoms with Crippen molar-refractivity contribution in [3.63, 3.8) is 0 Å². The molecule has 3 aliphatic heterocycles. The summed E-state index contributed by atoms with van der Waals surface area (Å²) in [5, 5.41) is 21.4. The second-order valence-corrected chi connectivity index (χ2v) is 15.1. The molecule has 12 heteroatoms. The number of nitrogens with one attached hydrogen (secondary N) is 1. The first-order valence-corrected chi connectivity index (χ1v) is 19.0. The standard InChI is InChI=1S/C41H41N9O2S/c1-24-13-16-30(17-14-24)37-36-26(3)35(53-41(36)50-28(5)44-46-38(50)27(4)43-37)20-18-31-22-48(47-45-31)21-8-6-7-10-29-11-9-12-32-33(29)23-49(40(32)52)34-19-15-25(2)42-39(34)51/h9,11-14,16-17,22,27,34H,2,6-8,10,15,19,21,23H2,1,3-5H3,(H,42,51)/t27-,34?/m0/s1. The number of unbranched alkanes of at least 4 members (excludes halogenated alkanes) is 2. The molecule has 3 aliphatic rings. The monoisotopic (exact) mass is 723 g/mol. The first-order chi connectivity index (χ1) is 25.7. The van der Waals surface area contributed by atoms with Crippen molar-refractivity contribution >= 4 is 28.9 Å². The summed E-state index contributed by atoms with van der Waals surface area (Å²) in [5.41, 5.74) is 9.64. The minimum Gasteiger partial charge on any atom is -0.329 e. The molecule has 1 N–H and O–H groups in total. The third kappa shape index (κ3) is 6.50. The SMILES string of the molecule is C=C1CCC(N2Cc3c(CCCCCn4cc(C#Cc5sc6c(c5C)C(c5ccc(C)cc5)=N[C@@H](C)c5nnc(C)n5-6)nn4)cccc3C2=O)C(=O)N1. The fourth-order valence-corrected chi connectivity index (χ4v) is 8.74. The first kappa shape index (κ1) is 34.4. The van der Waals surface area contributed by atoms with Crippen LogP contribution in [0.3, 0.4) is 0 Å². The zero-order valence-corrected chi connectivity index (χ0v) is 31.3. The molecule has 6 heterocycles. The first-order valence-electron chi connectivity index (χ1n) is 18.2. The molecule has 0 aliphatic carbocycles. The Bertz CT molecular complexity index is 2370. The number of allylic oxidation sites excluding steroid dienone is 1. The van der Waals surface area contributed by atoms with Crippen molar-refractivity contribution in [2.75, 3.05) is 0 Å². The molecular weight excluding hydrogens is 683 g/mol. The molecule has 5 aromatic rings. The molecule has 2 amide bonds. The number of fused-ring (bicyclic) bond motifs is 4. The van der Waals surface area contributed by atoms with Gasteiger partial charge in [-0.05, 0) is 94.4 Å². The van der Waals surface area contributed by atoms with Crippen LogP contribution >= 0.6 is 11.3 Å². The molecule has 11 nitrogen and oxygen atoms in total. The number of benzene rings is 2. The topological polar surface area (TPSA) is 123 Å². The Morgan fingerprint density at radius 3 is 2.64 bits per heavy atom. The Morgan fingerprint density at radius 2 is 1.83 bits per heavy atom. The van der Waals surface area contributed by atoms with Crippen LogP contribution in [0.1, 0.15) is 111 Å². The predicted molar refractivity (Wildman–Crippen MR) is 204 cm³/mol. The van der Waals surface area contributed by atoms with Gasteiger partial charge in [0, 0.05) is 35.5 Å². The minimum atomic E-state index is -0.447. The number of thiophene rings is 1. The van der Waals surface area contributed by atoms with E-state index >= 15 is 0 Å². The highest BCUT2D eigenvalue weighted by Gasteiger charge is 2.38. The average molecular weight is 724 g/mol. The highest BCUT2D eigenvalue weighted by molar-refractivity contribution is 7.15. The van der Waals surface area contributed by atoms with Crippen LogP contribution in [0.4, 0.5) is 0 Å². The summed E-state index contributed by atoms with van der Waals surface area (Å²) < 4.78 is 3.98. The van der Waals surface area contributed by atoms with Gasteiger partial charge in [-0.15, -0.1) is 26.6 Å². The molecule has 2 atom stereocenters. The molecule has 0 saturated carbocycles. The van der Waals surface area contributed by atoms with Crippen LogP contribution in [0, 0.1) is 32.6 Å². The van der Waals surface area contributed by atoms with Crippen LogP contribution in [0.5, 0.6) is 0 Å². The van der Waals surface area contributed by atoms with E-state index in [0.717, 1.165) is 87.3 Å². The number of rotatable bonds is 8. The number of hydrogen-bond donors (Lipinski definition) is 1. The number of carbonyl (C=O) groups is 2. The number of piperidine rings is 1. The molecule has 1 unspecified atom stereocenters. The van der Waals surface area contributed by atoms with Gasteiger partial charge in [0.2, 0.25) is 5.91 Å². The van der Waals surface area contributed by atoms with Crippen LogP contribution in [-0.2, 0) is 24.3 Å². The molecule has 2 aromatic carbocycles. The number of carbonyl (C=O) groups excluding carboxylic acids is 2. The summed E-state index contributed by atoms with van der Waals surface area (Å²) in [6.45, 7) is 13.3. The lowest BCUT2D eigenvalue weighted by Crippen LogP contribution is -2.49. The van der Waals surface area contributed by atoms with Gasteiger partial charge in [0.1, 0.15) is 22.9 Å². The van der Waals surface area contributed by atoms with E-state index in [4.69, 9.17) is 4.99 Å². The van der Waals surface area contributed by atoms with Crippen LogP contribution in [0.25, 0.3) is 5.00 Å². The van der Waals surface area contributed by atoms with E-state index in [2.05, 4.69) is 99.9 Å². The lowest BCUT2D eigenvalue weighted by molar-refractivity contribution is -0.126. The zero-order chi connectivity index (χ0) is 36.8. The Kier molecular flexibility index (Phi) is 9.12. The highest BCUT2D eigenvalue weighted by atomic mass is 32.1. The van der Waals surface area contributed by atoms with E-state index in [-0.39, 0.29) is 17.9 Å². The lowest BCUT2D eigenvalue weighted by atomic mass is 9.98. The summed E-state index contributed by atoms with van der Waals surface area (Å²) in [5.74, 6) is 8.10. The zero-order valence-electron chi connectivity index (χ0n) is 30.4. The molecular formula is C41H41N9O2S. The molecule has 0 spiro atoms. The molecule has 0 bridgehead atoms. The molecule has 3 aromatic heterocycles. The van der Waals surface area contributed by atoms with Gasteiger partial charge < -0.3 is 10.2 Å². The lowest BCUT2D eigenvalue weighted by Gasteiger charge is -2.31. The summed E-state index contributed by atoms with van der Waals surface area (Å²) in [6.07, 6.45) is 7.02. The van der Waals surface area contributed by atoms with E-state index in [1.54, 1.807) is 16.2 Å². The maximum absolute atomic E-state index is 13.2. The number of hydrogen-bond acceptors (Lipinski definition) is 8. The fourth-order valence-electron chi connectivity index (χ4n) is 7.52. The summed E-state index contributed by atoms with van der Waals surface area (Å²) in [4.78, 5) is 33.7. The number of aromatic nitrogens is 6. The van der Waals surface area contributed by atoms with Gasteiger partial charge in [0.05, 0.1) is 16.8 Å². The molecule has 0 radical (unpaired) electrons. The third-order valence-corrected chi connectivity index (χ3v) is 11.6. The van der Waals surface area contributed by atoms with Crippen molar-refractivity contribution < 1.29 is 9.59 Å². The quantitative estimate of drug-likeness (QED) is 0.148. The summed E-state index contributed by atoms with van der Waals surface area (Å²) in [7, 11) is 0. The summed E-state index contributed by atoms with van der Waals surface area (Å²) in [6, 6.07) is 13.8. The van der Waals surface area contributed by atoms with Gasteiger partial charge in [-0.1, -0.05) is 60.2 Å². The van der Waals surface area contributed by atoms with Gasteiger partial charge in [0.15, 0.2) is 11.5 Å². The van der Waals surface area contributed by atoms with Crippen molar-refractivity contribution in [3.8, 4) is 16.8 Å². The van der Waals surface area contributed by atoms with Crippen molar-refractivity contribution in [3.05, 3.63) is 122 Å². The fraction of sp³-hybridized carbons (Fsp3) is 0.341. The molecule has 1 fully saturated rings. The molecule has 1 saturated heterocycles. The predicted octanol–water partition coefficient (Wildman–Crippen LogP) is 6.32. The number of aliphatic imine (C=N–C) groups is 1. The maximum atomic E-state index is 13.2. The number of nitrogens with zero attached hydrogens (tertiary/aromatic N) is 8. The van der Waals surface area contributed by atoms with E-state index < -0.39 is 6.04 Å². The van der Waals surface area contributed by atoms with E-state index in [9.17, 15) is 9.59 Å². The Morgan fingerprint density at radius 1 is 1.00 bits per heavy atom. The second-order valence-electron chi connectivity index (χ2n) is 14.1. The van der Waals surface area contributed by atoms with Gasteiger partial charge in [-0.2, -0.15) is 0 Å². The van der Waals surface area contributed by atoms with Crippen molar-refractivity contribution in [2.45, 2.75) is 91.4 Å². The molecule has 268 valence electrons. The largest absolute Gasteiger partial charge is 0.329 e. The van der Waals surface area contributed by atoms with Gasteiger partial charge >= 0.3 is 0 Å². The van der Waals surface area contributed by atoms with E-state index in [0.29, 0.717) is 30.8 Å². The number of amides is 2. The Labute approximate surface area is 312 Å². The van der Waals surface area contributed by atoms with Crippen molar-refractivity contribution in [2.24, 2.45) is 4.99 Å². The maximum Gasteiger partial charge on any atom is 0.255 e. The van der Waals surface area contributed by atoms with Gasteiger partial charge in [-0.25, -0.2) is 0 Å². The van der Waals surface area contributed by atoms with Crippen molar-refractivity contribution in [1.82, 2.24) is 40.0 Å². The van der Waals surface area contributed by atoms with Crippen molar-refractivity contribution in [1.29, 1.82) is 0 Å². The Balaban J connectivity index is 0.917. The van der Waals surface area contributed by atoms with Crippen LogP contribution in [0.15, 0.2) is 65.9 Å². The van der Waals surface area contributed by atoms with Crippen LogP contribution in [-0.4, -0.2) is 58.2 Å². The minimum absolute atomic E-state index is 0.0564. The third-order valence-electron chi connectivity index (χ3n) is 10.4. The Hall–Kier alpha value is -5.67.